The summed E-state index contributed by atoms with van der Waals surface area (Å²) in [4.78, 5) is 0. The van der Waals surface area contributed by atoms with Crippen molar-refractivity contribution in [2.75, 3.05) is 19.7 Å². The molecule has 2 rings (SSSR count). The Morgan fingerprint density at radius 3 is 3.06 bits per heavy atom. The predicted octanol–water partition coefficient (Wildman–Crippen LogP) is 3.62. The fourth-order valence-corrected chi connectivity index (χ4v) is 2.76. The Morgan fingerprint density at radius 1 is 1.47 bits per heavy atom. The molecule has 0 amide bonds. The lowest BCUT2D eigenvalue weighted by Crippen LogP contribution is -2.10. The number of hydrogen-bond donors (Lipinski definition) is 1. The highest BCUT2D eigenvalue weighted by Gasteiger charge is 2.13. The highest BCUT2D eigenvalue weighted by Crippen LogP contribution is 2.22. The predicted molar refractivity (Wildman–Crippen MR) is 74.4 cm³/mol. The zero-order chi connectivity index (χ0) is 12.1. The summed E-state index contributed by atoms with van der Waals surface area (Å²) in [6.45, 7) is 3.72. The Bertz CT molecular complexity index is 366. The maximum atomic E-state index is 6.12. The van der Waals surface area contributed by atoms with E-state index in [4.69, 9.17) is 16.3 Å². The number of rotatable bonds is 5. The van der Waals surface area contributed by atoms with Crippen molar-refractivity contribution in [3.8, 4) is 0 Å². The zero-order valence-electron chi connectivity index (χ0n) is 9.72. The molecule has 1 aliphatic heterocycles. The Kier molecular flexibility index (Phi) is 5.29. The first-order valence-electron chi connectivity index (χ1n) is 5.98. The average molecular weight is 319 g/mol. The van der Waals surface area contributed by atoms with Gasteiger partial charge in [-0.1, -0.05) is 33.6 Å². The molecule has 1 aromatic carbocycles. The SMILES string of the molecule is Clc1cc(Br)ccc1COCCC1CCNC1. The van der Waals surface area contributed by atoms with Gasteiger partial charge in [0.2, 0.25) is 0 Å². The molecule has 2 nitrogen and oxygen atoms in total. The van der Waals surface area contributed by atoms with Crippen LogP contribution < -0.4 is 5.32 Å². The molecule has 0 bridgehead atoms. The third-order valence-corrected chi connectivity index (χ3v) is 3.95. The Morgan fingerprint density at radius 2 is 2.35 bits per heavy atom. The van der Waals surface area contributed by atoms with E-state index < -0.39 is 0 Å². The molecule has 0 saturated carbocycles. The van der Waals surface area contributed by atoms with Crippen molar-refractivity contribution in [3.63, 3.8) is 0 Å². The molecule has 0 aromatic heterocycles. The van der Waals surface area contributed by atoms with Crippen molar-refractivity contribution in [3.05, 3.63) is 33.3 Å². The van der Waals surface area contributed by atoms with Crippen LogP contribution in [0, 0.1) is 5.92 Å². The zero-order valence-corrected chi connectivity index (χ0v) is 12.1. The smallest absolute Gasteiger partial charge is 0.0731 e. The van der Waals surface area contributed by atoms with Gasteiger partial charge in [-0.15, -0.1) is 0 Å². The standard InChI is InChI=1S/C13H17BrClNO/c14-12-2-1-11(13(15)7-12)9-17-6-4-10-3-5-16-8-10/h1-2,7,10,16H,3-6,8-9H2. The Hall–Kier alpha value is -0.0900. The summed E-state index contributed by atoms with van der Waals surface area (Å²) >= 11 is 9.51. The number of hydrogen-bond acceptors (Lipinski definition) is 2. The molecule has 4 heteroatoms. The molecular weight excluding hydrogens is 302 g/mol. The number of nitrogens with one attached hydrogen (secondary N) is 1. The van der Waals surface area contributed by atoms with E-state index in [2.05, 4.69) is 21.2 Å². The molecule has 0 spiro atoms. The van der Waals surface area contributed by atoms with Gasteiger partial charge in [0.25, 0.3) is 0 Å². The van der Waals surface area contributed by atoms with Gasteiger partial charge < -0.3 is 10.1 Å². The molecular formula is C13H17BrClNO. The monoisotopic (exact) mass is 317 g/mol. The van der Waals surface area contributed by atoms with Gasteiger partial charge in [0.15, 0.2) is 0 Å². The van der Waals surface area contributed by atoms with Crippen LogP contribution in [-0.2, 0) is 11.3 Å². The lowest BCUT2D eigenvalue weighted by molar-refractivity contribution is 0.109. The lowest BCUT2D eigenvalue weighted by Gasteiger charge is -2.09. The molecule has 1 aliphatic rings. The second-order valence-electron chi connectivity index (χ2n) is 4.44. The van der Waals surface area contributed by atoms with Crippen LogP contribution in [0.2, 0.25) is 5.02 Å². The van der Waals surface area contributed by atoms with Crippen molar-refractivity contribution in [2.45, 2.75) is 19.4 Å². The molecule has 1 N–H and O–H groups in total. The van der Waals surface area contributed by atoms with Crippen LogP contribution in [0.1, 0.15) is 18.4 Å². The van der Waals surface area contributed by atoms with Gasteiger partial charge in [-0.3, -0.25) is 0 Å². The lowest BCUT2D eigenvalue weighted by atomic mass is 10.1. The molecule has 1 heterocycles. The molecule has 1 fully saturated rings. The molecule has 94 valence electrons. The summed E-state index contributed by atoms with van der Waals surface area (Å²) in [7, 11) is 0. The van der Waals surface area contributed by atoms with E-state index in [1.54, 1.807) is 0 Å². The number of benzene rings is 1. The van der Waals surface area contributed by atoms with Crippen molar-refractivity contribution < 1.29 is 4.74 Å². The van der Waals surface area contributed by atoms with E-state index >= 15 is 0 Å². The van der Waals surface area contributed by atoms with Gasteiger partial charge in [0.05, 0.1) is 6.61 Å². The molecule has 17 heavy (non-hydrogen) atoms. The van der Waals surface area contributed by atoms with Crippen molar-refractivity contribution in [1.82, 2.24) is 5.32 Å². The van der Waals surface area contributed by atoms with Crippen molar-refractivity contribution in [2.24, 2.45) is 5.92 Å². The van der Waals surface area contributed by atoms with Gasteiger partial charge in [0, 0.05) is 16.1 Å². The summed E-state index contributed by atoms with van der Waals surface area (Å²) in [5.74, 6) is 0.787. The van der Waals surface area contributed by atoms with Gasteiger partial charge in [-0.05, 0) is 49.5 Å². The maximum absolute atomic E-state index is 6.12. The highest BCUT2D eigenvalue weighted by atomic mass is 79.9. The van der Waals surface area contributed by atoms with Crippen LogP contribution >= 0.6 is 27.5 Å². The van der Waals surface area contributed by atoms with E-state index in [0.29, 0.717) is 6.61 Å². The number of ether oxygens (including phenoxy) is 1. The third-order valence-electron chi connectivity index (χ3n) is 3.11. The van der Waals surface area contributed by atoms with E-state index in [1.807, 2.05) is 18.2 Å². The fourth-order valence-electron chi connectivity index (χ4n) is 2.03. The highest BCUT2D eigenvalue weighted by molar-refractivity contribution is 9.10. The van der Waals surface area contributed by atoms with Gasteiger partial charge in [0.1, 0.15) is 0 Å². The minimum atomic E-state index is 0.603. The van der Waals surface area contributed by atoms with Gasteiger partial charge >= 0.3 is 0 Å². The first kappa shape index (κ1) is 13.3. The average Bonchev–Trinajstić information content (AvgIpc) is 2.79. The summed E-state index contributed by atoms with van der Waals surface area (Å²) in [5, 5.41) is 4.13. The quantitative estimate of drug-likeness (QED) is 0.837. The summed E-state index contributed by atoms with van der Waals surface area (Å²) in [6, 6.07) is 5.90. The van der Waals surface area contributed by atoms with Crippen LogP contribution in [0.4, 0.5) is 0 Å². The minimum Gasteiger partial charge on any atom is -0.377 e. The van der Waals surface area contributed by atoms with Gasteiger partial charge in [-0.2, -0.15) is 0 Å². The van der Waals surface area contributed by atoms with E-state index in [1.165, 1.54) is 6.42 Å². The van der Waals surface area contributed by atoms with Crippen LogP contribution in [0.5, 0.6) is 0 Å². The van der Waals surface area contributed by atoms with E-state index in [9.17, 15) is 0 Å². The molecule has 1 unspecified atom stereocenters. The summed E-state index contributed by atoms with van der Waals surface area (Å²) < 4.78 is 6.68. The van der Waals surface area contributed by atoms with Crippen molar-refractivity contribution >= 4 is 27.5 Å². The molecule has 0 radical (unpaired) electrons. The first-order valence-corrected chi connectivity index (χ1v) is 7.15. The van der Waals surface area contributed by atoms with Gasteiger partial charge in [-0.25, -0.2) is 0 Å². The minimum absolute atomic E-state index is 0.603. The molecule has 1 atom stereocenters. The Labute approximate surface area is 116 Å². The largest absolute Gasteiger partial charge is 0.377 e. The molecule has 1 aromatic rings. The fraction of sp³-hybridized carbons (Fsp3) is 0.538. The Balaban J connectivity index is 1.70. The maximum Gasteiger partial charge on any atom is 0.0731 e. The van der Waals surface area contributed by atoms with E-state index in [-0.39, 0.29) is 0 Å². The van der Waals surface area contributed by atoms with Crippen LogP contribution in [0.3, 0.4) is 0 Å². The summed E-state index contributed by atoms with van der Waals surface area (Å²) in [5.41, 5.74) is 1.06. The normalized spacial score (nSPS) is 19.8. The molecule has 1 saturated heterocycles. The topological polar surface area (TPSA) is 21.3 Å². The van der Waals surface area contributed by atoms with Crippen LogP contribution in [0.15, 0.2) is 22.7 Å². The first-order chi connectivity index (χ1) is 8.25. The second kappa shape index (κ2) is 6.74. The van der Waals surface area contributed by atoms with Crippen LogP contribution in [-0.4, -0.2) is 19.7 Å². The van der Waals surface area contributed by atoms with Crippen molar-refractivity contribution in [1.29, 1.82) is 0 Å². The summed E-state index contributed by atoms with van der Waals surface area (Å²) in [6.07, 6.45) is 2.42. The second-order valence-corrected chi connectivity index (χ2v) is 5.76. The number of halogens is 2. The molecule has 0 aliphatic carbocycles. The third kappa shape index (κ3) is 4.25. The van der Waals surface area contributed by atoms with E-state index in [0.717, 1.165) is 47.1 Å². The van der Waals surface area contributed by atoms with Crippen LogP contribution in [0.25, 0.3) is 0 Å².